The topological polar surface area (TPSA) is 49.8 Å². The number of H-pyrrole nitrogens is 1. The molecule has 1 aliphatic rings. The third kappa shape index (κ3) is 1.34. The summed E-state index contributed by atoms with van der Waals surface area (Å²) in [5, 5.41) is 6.33. The Hall–Kier alpha value is -1.97. The summed E-state index contributed by atoms with van der Waals surface area (Å²) in [4.78, 5) is 12.1. The Morgan fingerprint density at radius 2 is 2.00 bits per heavy atom. The van der Waals surface area contributed by atoms with Gasteiger partial charge in [0.2, 0.25) is 0 Å². The number of benzene rings is 1. The molecule has 4 nitrogen and oxygen atoms in total. The van der Waals surface area contributed by atoms with Crippen molar-refractivity contribution < 1.29 is 0 Å². The van der Waals surface area contributed by atoms with Crippen molar-refractivity contribution in [1.82, 2.24) is 9.78 Å². The van der Waals surface area contributed by atoms with Gasteiger partial charge in [-0.1, -0.05) is 18.2 Å². The highest BCUT2D eigenvalue weighted by Gasteiger charge is 2.17. The Morgan fingerprint density at radius 3 is 2.75 bits per heavy atom. The summed E-state index contributed by atoms with van der Waals surface area (Å²) >= 11 is 0. The van der Waals surface area contributed by atoms with Gasteiger partial charge in [-0.05, 0) is 25.0 Å². The second-order valence-electron chi connectivity index (χ2n) is 3.97. The van der Waals surface area contributed by atoms with E-state index < -0.39 is 0 Å². The predicted molar refractivity (Wildman–Crippen MR) is 63.2 cm³/mol. The molecule has 82 valence electrons. The van der Waals surface area contributed by atoms with E-state index in [-0.39, 0.29) is 5.56 Å². The fourth-order valence-corrected chi connectivity index (χ4v) is 2.09. The molecule has 3 rings (SSSR count). The number of hydrogen-bond donors (Lipinski definition) is 2. The Kier molecular flexibility index (Phi) is 2.06. The number of nitrogens with zero attached hydrogens (tertiary/aromatic N) is 1. The van der Waals surface area contributed by atoms with Crippen LogP contribution in [0, 0.1) is 0 Å². The highest BCUT2D eigenvalue weighted by atomic mass is 16.1. The Bertz CT molecular complexity index is 553. The zero-order chi connectivity index (χ0) is 11.0. The van der Waals surface area contributed by atoms with Crippen LogP contribution in [0.25, 0.3) is 5.69 Å². The van der Waals surface area contributed by atoms with Crippen LogP contribution in [-0.4, -0.2) is 16.3 Å². The highest BCUT2D eigenvalue weighted by molar-refractivity contribution is 5.47. The second kappa shape index (κ2) is 3.56. The van der Waals surface area contributed by atoms with Crippen molar-refractivity contribution in [3.8, 4) is 5.69 Å². The van der Waals surface area contributed by atoms with Crippen molar-refractivity contribution >= 4 is 5.82 Å². The van der Waals surface area contributed by atoms with E-state index >= 15 is 0 Å². The number of aromatic nitrogens is 2. The zero-order valence-electron chi connectivity index (χ0n) is 8.86. The number of hydrogen-bond acceptors (Lipinski definition) is 2. The van der Waals surface area contributed by atoms with Crippen LogP contribution in [0.2, 0.25) is 0 Å². The summed E-state index contributed by atoms with van der Waals surface area (Å²) in [5.74, 6) is 0.875. The van der Waals surface area contributed by atoms with Gasteiger partial charge in [0.05, 0.1) is 11.3 Å². The maximum absolute atomic E-state index is 12.1. The fraction of sp³-hybridized carbons (Fsp3) is 0.250. The third-order valence-electron chi connectivity index (χ3n) is 2.91. The van der Waals surface area contributed by atoms with Gasteiger partial charge in [0.1, 0.15) is 5.82 Å². The monoisotopic (exact) mass is 215 g/mol. The van der Waals surface area contributed by atoms with E-state index in [1.807, 2.05) is 30.3 Å². The maximum Gasteiger partial charge on any atom is 0.276 e. The lowest BCUT2D eigenvalue weighted by molar-refractivity contribution is 0.824. The predicted octanol–water partition coefficient (Wildman–Crippen LogP) is 1.52. The molecule has 0 radical (unpaired) electrons. The highest BCUT2D eigenvalue weighted by Crippen LogP contribution is 2.17. The van der Waals surface area contributed by atoms with Crippen LogP contribution in [-0.2, 0) is 6.42 Å². The molecule has 4 heteroatoms. The van der Waals surface area contributed by atoms with Crippen LogP contribution in [0.15, 0.2) is 35.1 Å². The average Bonchev–Trinajstić information content (AvgIpc) is 2.69. The summed E-state index contributed by atoms with van der Waals surface area (Å²) in [6.07, 6.45) is 1.88. The summed E-state index contributed by atoms with van der Waals surface area (Å²) < 4.78 is 1.60. The van der Waals surface area contributed by atoms with Crippen LogP contribution in [0.3, 0.4) is 0 Å². The van der Waals surface area contributed by atoms with Gasteiger partial charge in [0.25, 0.3) is 5.56 Å². The summed E-state index contributed by atoms with van der Waals surface area (Å²) in [6.45, 7) is 0.932. The Balaban J connectivity index is 2.16. The molecule has 0 bridgehead atoms. The summed E-state index contributed by atoms with van der Waals surface area (Å²) in [7, 11) is 0. The molecule has 0 amide bonds. The number of anilines is 1. The molecule has 1 aromatic carbocycles. The third-order valence-corrected chi connectivity index (χ3v) is 2.91. The van der Waals surface area contributed by atoms with Crippen LogP contribution in [0.1, 0.15) is 12.0 Å². The average molecular weight is 215 g/mol. The molecule has 2 aromatic rings. The smallest absolute Gasteiger partial charge is 0.276 e. The molecular formula is C12H13N3O. The number of fused-ring (bicyclic) bond motifs is 1. The van der Waals surface area contributed by atoms with Crippen molar-refractivity contribution in [2.24, 2.45) is 0 Å². The van der Waals surface area contributed by atoms with E-state index in [0.717, 1.165) is 36.5 Å². The first-order valence-corrected chi connectivity index (χ1v) is 5.49. The largest absolute Gasteiger partial charge is 0.370 e. The number of nitrogens with one attached hydrogen (secondary N) is 2. The van der Waals surface area contributed by atoms with E-state index in [9.17, 15) is 4.79 Å². The van der Waals surface area contributed by atoms with Crippen molar-refractivity contribution in [2.45, 2.75) is 12.8 Å². The summed E-state index contributed by atoms with van der Waals surface area (Å²) in [5.41, 5.74) is 1.81. The molecule has 0 saturated carbocycles. The molecule has 2 N–H and O–H groups in total. The minimum absolute atomic E-state index is 0.0633. The normalized spacial score (nSPS) is 14.2. The molecular weight excluding hydrogens is 202 g/mol. The number of rotatable bonds is 1. The van der Waals surface area contributed by atoms with E-state index in [4.69, 9.17) is 0 Å². The fourth-order valence-electron chi connectivity index (χ4n) is 2.09. The lowest BCUT2D eigenvalue weighted by atomic mass is 10.1. The van der Waals surface area contributed by atoms with Crippen LogP contribution < -0.4 is 10.9 Å². The van der Waals surface area contributed by atoms with Crippen LogP contribution in [0.4, 0.5) is 5.82 Å². The van der Waals surface area contributed by atoms with Crippen molar-refractivity contribution in [1.29, 1.82) is 0 Å². The van der Waals surface area contributed by atoms with Crippen LogP contribution in [0.5, 0.6) is 0 Å². The first kappa shape index (κ1) is 9.27. The van der Waals surface area contributed by atoms with Gasteiger partial charge >= 0.3 is 0 Å². The van der Waals surface area contributed by atoms with Gasteiger partial charge < -0.3 is 5.32 Å². The molecule has 1 aromatic heterocycles. The molecule has 16 heavy (non-hydrogen) atoms. The SMILES string of the molecule is O=c1c2c([nH]n1-c1ccccc1)NCCC2. The van der Waals surface area contributed by atoms with Gasteiger partial charge in [-0.2, -0.15) is 0 Å². The zero-order valence-corrected chi connectivity index (χ0v) is 8.86. The molecule has 0 unspecified atom stereocenters. The molecule has 2 heterocycles. The van der Waals surface area contributed by atoms with E-state index in [1.54, 1.807) is 4.68 Å². The minimum Gasteiger partial charge on any atom is -0.370 e. The summed E-state index contributed by atoms with van der Waals surface area (Å²) in [6, 6.07) is 9.63. The molecule has 0 fully saturated rings. The number of aromatic amines is 1. The molecule has 0 saturated heterocycles. The molecule has 0 atom stereocenters. The van der Waals surface area contributed by atoms with Crippen molar-refractivity contribution in [2.75, 3.05) is 11.9 Å². The standard InChI is InChI=1S/C12H13N3O/c16-12-10-7-4-8-13-11(10)14-15(12)9-5-2-1-3-6-9/h1-3,5-6,13-14H,4,7-8H2. The quantitative estimate of drug-likeness (QED) is 0.757. The number of para-hydroxylation sites is 1. The second-order valence-corrected chi connectivity index (χ2v) is 3.97. The van der Waals surface area contributed by atoms with Gasteiger partial charge in [0, 0.05) is 6.54 Å². The van der Waals surface area contributed by atoms with Gasteiger partial charge in [0.15, 0.2) is 0 Å². The van der Waals surface area contributed by atoms with Gasteiger partial charge in [-0.3, -0.25) is 9.89 Å². The van der Waals surface area contributed by atoms with Crippen molar-refractivity contribution in [3.05, 3.63) is 46.2 Å². The molecule has 0 aliphatic carbocycles. The van der Waals surface area contributed by atoms with E-state index in [2.05, 4.69) is 10.4 Å². The first-order valence-electron chi connectivity index (χ1n) is 5.49. The first-order chi connectivity index (χ1) is 7.86. The van der Waals surface area contributed by atoms with E-state index in [1.165, 1.54) is 0 Å². The lowest BCUT2D eigenvalue weighted by Gasteiger charge is -2.10. The Morgan fingerprint density at radius 1 is 1.19 bits per heavy atom. The van der Waals surface area contributed by atoms with E-state index in [0.29, 0.717) is 0 Å². The van der Waals surface area contributed by atoms with Gasteiger partial charge in [-0.15, -0.1) is 0 Å². The molecule has 1 aliphatic heterocycles. The minimum atomic E-state index is 0.0633. The maximum atomic E-state index is 12.1. The van der Waals surface area contributed by atoms with Crippen LogP contribution >= 0.6 is 0 Å². The lowest BCUT2D eigenvalue weighted by Crippen LogP contribution is -2.19. The van der Waals surface area contributed by atoms with Gasteiger partial charge in [-0.25, -0.2) is 4.68 Å². The van der Waals surface area contributed by atoms with Crippen molar-refractivity contribution in [3.63, 3.8) is 0 Å². The molecule has 0 spiro atoms. The Labute approximate surface area is 92.9 Å².